The lowest BCUT2D eigenvalue weighted by atomic mass is 10.2. The van der Waals surface area contributed by atoms with Gasteiger partial charge in [0.2, 0.25) is 0 Å². The Balaban J connectivity index is 0.000000234. The topological polar surface area (TPSA) is 113 Å². The Labute approximate surface area is 165 Å². The summed E-state index contributed by atoms with van der Waals surface area (Å²) in [5, 5.41) is 11.2. The van der Waals surface area contributed by atoms with E-state index in [1.165, 1.54) is 42.6 Å². The molecule has 29 heavy (non-hydrogen) atoms. The molecule has 10 heteroatoms. The van der Waals surface area contributed by atoms with Gasteiger partial charge in [-0.25, -0.2) is 18.2 Å². The maximum atomic E-state index is 12.7. The minimum Gasteiger partial charge on any atom is -0.385 e. The van der Waals surface area contributed by atoms with Crippen LogP contribution in [0.1, 0.15) is 23.0 Å². The fourth-order valence-electron chi connectivity index (χ4n) is 2.11. The summed E-state index contributed by atoms with van der Waals surface area (Å²) in [6, 6.07) is 9.21. The van der Waals surface area contributed by atoms with Crippen LogP contribution in [0.15, 0.2) is 47.6 Å². The molecule has 1 aliphatic heterocycles. The summed E-state index contributed by atoms with van der Waals surface area (Å²) in [6.45, 7) is 1.64. The van der Waals surface area contributed by atoms with Crippen LogP contribution in [-0.4, -0.2) is 41.9 Å². The molecule has 1 amide bonds. The summed E-state index contributed by atoms with van der Waals surface area (Å²) >= 11 is 0. The average molecular weight is 405 g/mol. The molecule has 1 aliphatic rings. The van der Waals surface area contributed by atoms with E-state index in [4.69, 9.17) is 15.7 Å². The molecule has 3 N–H and O–H groups in total. The van der Waals surface area contributed by atoms with Gasteiger partial charge >= 0.3 is 0 Å². The van der Waals surface area contributed by atoms with Crippen LogP contribution in [-0.2, 0) is 4.74 Å². The van der Waals surface area contributed by atoms with Crippen LogP contribution in [0, 0.1) is 17.1 Å². The second-order valence-corrected chi connectivity index (χ2v) is 5.94. The van der Waals surface area contributed by atoms with Crippen molar-refractivity contribution in [1.29, 1.82) is 5.26 Å². The molecule has 1 aromatic heterocycles. The molecule has 1 aromatic carbocycles. The van der Waals surface area contributed by atoms with E-state index in [2.05, 4.69) is 15.3 Å². The highest BCUT2D eigenvalue weighted by atomic mass is 19.3. The van der Waals surface area contributed by atoms with Gasteiger partial charge in [-0.15, -0.1) is 0 Å². The lowest BCUT2D eigenvalue weighted by Gasteiger charge is -2.23. The van der Waals surface area contributed by atoms with Crippen LogP contribution in [0.2, 0.25) is 0 Å². The van der Waals surface area contributed by atoms with E-state index >= 15 is 0 Å². The van der Waals surface area contributed by atoms with Crippen molar-refractivity contribution in [3.8, 4) is 6.07 Å². The molecule has 0 aliphatic carbocycles. The maximum absolute atomic E-state index is 12.7. The molecule has 0 spiro atoms. The highest BCUT2D eigenvalue weighted by molar-refractivity contribution is 6.02. The first kappa shape index (κ1) is 21.8. The lowest BCUT2D eigenvalue weighted by molar-refractivity contribution is 0.0243. The minimum atomic E-state index is -2.49. The van der Waals surface area contributed by atoms with Crippen molar-refractivity contribution in [3.63, 3.8) is 0 Å². The standard InChI is InChI=1S/C13H8FN3O.C6H10F2N2O/c14-10-2-4-11(5-3-10)17-13(18)12-6-1-9(7-15)8-16-12;1-3-6(9)10-4(2-11-3)5(7)8/h1-6,8H,(H,17,18);3-5H,2H2,1H3,(H2,9,10)/t;3-,4?/m.1/s1. The number of nitrogens with zero attached hydrogens (tertiary/aromatic N) is 3. The number of nitriles is 1. The van der Waals surface area contributed by atoms with Gasteiger partial charge in [0, 0.05) is 11.9 Å². The molecule has 2 atom stereocenters. The number of aliphatic imine (C=N–C) groups is 1. The number of ether oxygens (including phenoxy) is 1. The van der Waals surface area contributed by atoms with Gasteiger partial charge in [-0.1, -0.05) is 0 Å². The molecular formula is C19H18F3N5O2. The van der Waals surface area contributed by atoms with Gasteiger partial charge in [-0.05, 0) is 43.3 Å². The molecule has 152 valence electrons. The average Bonchev–Trinajstić information content (AvgIpc) is 2.72. The van der Waals surface area contributed by atoms with E-state index < -0.39 is 18.4 Å². The van der Waals surface area contributed by atoms with Crippen LogP contribution in [0.5, 0.6) is 0 Å². The second-order valence-electron chi connectivity index (χ2n) is 5.94. The second kappa shape index (κ2) is 10.2. The number of hydrogen-bond acceptors (Lipinski definition) is 6. The fourth-order valence-corrected chi connectivity index (χ4v) is 2.11. The van der Waals surface area contributed by atoms with E-state index in [0.717, 1.165) is 0 Å². The number of rotatable bonds is 3. The summed E-state index contributed by atoms with van der Waals surface area (Å²) in [5.41, 5.74) is 6.35. The number of aromatic nitrogens is 1. The summed E-state index contributed by atoms with van der Waals surface area (Å²) < 4.78 is 41.6. The Morgan fingerprint density at radius 1 is 1.31 bits per heavy atom. The van der Waals surface area contributed by atoms with Gasteiger partial charge in [0.1, 0.15) is 35.6 Å². The smallest absolute Gasteiger partial charge is 0.274 e. The van der Waals surface area contributed by atoms with Crippen molar-refractivity contribution in [1.82, 2.24) is 4.98 Å². The van der Waals surface area contributed by atoms with Crippen LogP contribution >= 0.6 is 0 Å². The van der Waals surface area contributed by atoms with Crippen molar-refractivity contribution in [2.45, 2.75) is 25.5 Å². The first-order chi connectivity index (χ1) is 13.8. The fraction of sp³-hybridized carbons (Fsp3) is 0.263. The summed E-state index contributed by atoms with van der Waals surface area (Å²) in [5.74, 6) is -0.628. The third-order valence-corrected chi connectivity index (χ3v) is 3.77. The number of pyridine rings is 1. The Morgan fingerprint density at radius 3 is 2.52 bits per heavy atom. The van der Waals surface area contributed by atoms with E-state index in [1.54, 1.807) is 6.92 Å². The van der Waals surface area contributed by atoms with E-state index in [0.29, 0.717) is 11.3 Å². The number of amidine groups is 1. The van der Waals surface area contributed by atoms with Crippen LogP contribution in [0.25, 0.3) is 0 Å². The van der Waals surface area contributed by atoms with Crippen molar-refractivity contribution in [2.24, 2.45) is 10.7 Å². The number of carbonyl (C=O) groups is 1. The predicted octanol–water partition coefficient (Wildman–Crippen LogP) is 2.74. The van der Waals surface area contributed by atoms with Crippen molar-refractivity contribution in [3.05, 3.63) is 59.7 Å². The Hall–Kier alpha value is -3.45. The predicted molar refractivity (Wildman–Crippen MR) is 100 cm³/mol. The number of carbonyl (C=O) groups excluding carboxylic acids is 1. The zero-order valence-electron chi connectivity index (χ0n) is 15.3. The Bertz CT molecular complexity index is 896. The Morgan fingerprint density at radius 2 is 2.00 bits per heavy atom. The summed E-state index contributed by atoms with van der Waals surface area (Å²) in [6.07, 6.45) is -1.49. The number of amides is 1. The quantitative estimate of drug-likeness (QED) is 0.815. The molecule has 2 heterocycles. The van der Waals surface area contributed by atoms with Gasteiger partial charge < -0.3 is 15.8 Å². The van der Waals surface area contributed by atoms with Gasteiger partial charge in [-0.3, -0.25) is 9.79 Å². The molecule has 0 radical (unpaired) electrons. The van der Waals surface area contributed by atoms with Crippen molar-refractivity contribution in [2.75, 3.05) is 11.9 Å². The number of nitrogens with one attached hydrogen (secondary N) is 1. The van der Waals surface area contributed by atoms with Crippen LogP contribution in [0.4, 0.5) is 18.9 Å². The van der Waals surface area contributed by atoms with Gasteiger partial charge in [0.25, 0.3) is 12.3 Å². The van der Waals surface area contributed by atoms with Crippen molar-refractivity contribution >= 4 is 17.4 Å². The third-order valence-electron chi connectivity index (χ3n) is 3.77. The molecule has 7 nitrogen and oxygen atoms in total. The largest absolute Gasteiger partial charge is 0.385 e. The molecule has 2 aromatic rings. The highest BCUT2D eigenvalue weighted by Crippen LogP contribution is 2.12. The van der Waals surface area contributed by atoms with Gasteiger partial charge in [-0.2, -0.15) is 5.26 Å². The Kier molecular flexibility index (Phi) is 7.68. The van der Waals surface area contributed by atoms with Crippen LogP contribution < -0.4 is 11.1 Å². The molecule has 0 saturated carbocycles. The summed E-state index contributed by atoms with van der Waals surface area (Å²) in [4.78, 5) is 19.2. The SMILES string of the molecule is C[C@H]1OCC(C(F)F)N=C1N.N#Cc1ccc(C(=O)Nc2ccc(F)cc2)nc1. The first-order valence-electron chi connectivity index (χ1n) is 8.46. The maximum Gasteiger partial charge on any atom is 0.274 e. The number of benzene rings is 1. The number of anilines is 1. The molecule has 0 bridgehead atoms. The molecule has 1 unspecified atom stereocenters. The monoisotopic (exact) mass is 405 g/mol. The molecule has 0 fully saturated rings. The molecular weight excluding hydrogens is 387 g/mol. The number of alkyl halides is 2. The first-order valence-corrected chi connectivity index (χ1v) is 8.46. The normalized spacial score (nSPS) is 18.1. The number of hydrogen-bond donors (Lipinski definition) is 2. The summed E-state index contributed by atoms with van der Waals surface area (Å²) in [7, 11) is 0. The van der Waals surface area contributed by atoms with E-state index in [1.807, 2.05) is 6.07 Å². The zero-order valence-corrected chi connectivity index (χ0v) is 15.3. The number of halogens is 3. The minimum absolute atomic E-state index is 0.0421. The van der Waals surface area contributed by atoms with Gasteiger partial charge in [0.15, 0.2) is 0 Å². The highest BCUT2D eigenvalue weighted by Gasteiger charge is 2.26. The van der Waals surface area contributed by atoms with Crippen molar-refractivity contribution < 1.29 is 22.7 Å². The van der Waals surface area contributed by atoms with Crippen LogP contribution in [0.3, 0.4) is 0 Å². The van der Waals surface area contributed by atoms with E-state index in [-0.39, 0.29) is 30.1 Å². The van der Waals surface area contributed by atoms with E-state index in [9.17, 15) is 18.0 Å². The molecule has 0 saturated heterocycles. The molecule has 3 rings (SSSR count). The number of nitrogens with two attached hydrogens (primary N) is 1. The third kappa shape index (κ3) is 6.58. The van der Waals surface area contributed by atoms with Gasteiger partial charge in [0.05, 0.1) is 12.2 Å². The zero-order chi connectivity index (χ0) is 21.4. The lowest BCUT2D eigenvalue weighted by Crippen LogP contribution is -2.40.